The van der Waals surface area contributed by atoms with Crippen LogP contribution in [-0.4, -0.2) is 14.4 Å². The quantitative estimate of drug-likeness (QED) is 0.455. The molecule has 0 atom stereocenters. The summed E-state index contributed by atoms with van der Waals surface area (Å²) in [6.07, 6.45) is 0.905. The Morgan fingerprint density at radius 1 is 1.08 bits per heavy atom. The van der Waals surface area contributed by atoms with Gasteiger partial charge >= 0.3 is 6.18 Å². The predicted octanol–water partition coefficient (Wildman–Crippen LogP) is 5.25. The van der Waals surface area contributed by atoms with Gasteiger partial charge in [0.1, 0.15) is 5.65 Å². The molecule has 3 aromatic heterocycles. The summed E-state index contributed by atoms with van der Waals surface area (Å²) in [5, 5.41) is 1.02. The number of hydrogen-bond acceptors (Lipinski definition) is 2. The summed E-state index contributed by atoms with van der Waals surface area (Å²) in [7, 11) is 0. The Morgan fingerprint density at radius 2 is 1.92 bits per heavy atom. The van der Waals surface area contributed by atoms with E-state index in [2.05, 4.69) is 25.9 Å². The summed E-state index contributed by atoms with van der Waals surface area (Å²) in [4.78, 5) is 8.41. The van der Waals surface area contributed by atoms with E-state index in [-0.39, 0.29) is 10.1 Å². The van der Waals surface area contributed by atoms with Gasteiger partial charge < -0.3 is 4.40 Å². The highest BCUT2D eigenvalue weighted by Crippen LogP contribution is 2.35. The molecule has 0 unspecified atom stereocenters. The van der Waals surface area contributed by atoms with Gasteiger partial charge in [-0.05, 0) is 45.8 Å². The number of pyridine rings is 2. The van der Waals surface area contributed by atoms with Gasteiger partial charge in [0.2, 0.25) is 0 Å². The summed E-state index contributed by atoms with van der Waals surface area (Å²) in [5.41, 5.74) is 2.30. The van der Waals surface area contributed by atoms with E-state index >= 15 is 0 Å². The monoisotopic (exact) mass is 405 g/mol. The highest BCUT2D eigenvalue weighted by atomic mass is 79.9. The van der Waals surface area contributed by atoms with Crippen LogP contribution in [0.3, 0.4) is 0 Å². The summed E-state index contributed by atoms with van der Waals surface area (Å²) in [6.45, 7) is 0. The molecule has 0 aliphatic carbocycles. The van der Waals surface area contributed by atoms with Gasteiger partial charge in [0, 0.05) is 40.6 Å². The molecule has 0 aliphatic heterocycles. The Balaban J connectivity index is 1.75. The molecule has 0 aliphatic rings. The number of imidazole rings is 1. The summed E-state index contributed by atoms with van der Waals surface area (Å²) in [6, 6.07) is 10.8. The maximum atomic E-state index is 13.0. The minimum Gasteiger partial charge on any atom is -0.303 e. The number of nitrogens with zero attached hydrogens (tertiary/aromatic N) is 3. The fourth-order valence-corrected chi connectivity index (χ4v) is 3.39. The van der Waals surface area contributed by atoms with Gasteiger partial charge in [-0.3, -0.25) is 4.98 Å². The van der Waals surface area contributed by atoms with Crippen LogP contribution in [-0.2, 0) is 12.6 Å². The van der Waals surface area contributed by atoms with Crippen LogP contribution < -0.4 is 0 Å². The van der Waals surface area contributed by atoms with Crippen LogP contribution >= 0.6 is 15.9 Å². The van der Waals surface area contributed by atoms with Crippen LogP contribution in [0.25, 0.3) is 16.6 Å². The van der Waals surface area contributed by atoms with Crippen molar-refractivity contribution in [1.29, 1.82) is 0 Å². The second kappa shape index (κ2) is 5.84. The minimum atomic E-state index is -4.42. The molecule has 0 amide bonds. The Kier molecular flexibility index (Phi) is 3.76. The summed E-state index contributed by atoms with van der Waals surface area (Å²) >= 11 is 3.01. The molecule has 0 N–H and O–H groups in total. The number of fused-ring (bicyclic) bond motifs is 2. The average Bonchev–Trinajstić information content (AvgIpc) is 2.95. The third-order valence-electron chi connectivity index (χ3n) is 4.03. The van der Waals surface area contributed by atoms with E-state index in [4.69, 9.17) is 0 Å². The van der Waals surface area contributed by atoms with Crippen molar-refractivity contribution in [3.05, 3.63) is 76.3 Å². The van der Waals surface area contributed by atoms with Crippen molar-refractivity contribution in [3.63, 3.8) is 0 Å². The number of aromatic nitrogens is 3. The summed E-state index contributed by atoms with van der Waals surface area (Å²) < 4.78 is 40.7. The van der Waals surface area contributed by atoms with Gasteiger partial charge in [-0.15, -0.1) is 0 Å². The number of rotatable bonds is 2. The van der Waals surface area contributed by atoms with Crippen molar-refractivity contribution in [2.45, 2.75) is 12.6 Å². The molecule has 4 aromatic rings. The van der Waals surface area contributed by atoms with E-state index in [9.17, 15) is 13.2 Å². The standard InChI is InChI=1S/C18H11BrF3N3/c19-15-10-25-13(9-24-17(25)8-14(15)18(20,21)22)7-11-3-4-16-12(6-11)2-1-5-23-16/h1-6,8-10H,7H2. The highest BCUT2D eigenvalue weighted by molar-refractivity contribution is 9.10. The molecule has 4 rings (SSSR count). The molecule has 0 saturated heterocycles. The number of halogens is 4. The van der Waals surface area contributed by atoms with Crippen molar-refractivity contribution in [3.8, 4) is 0 Å². The lowest BCUT2D eigenvalue weighted by Gasteiger charge is -2.10. The first kappa shape index (κ1) is 16.1. The topological polar surface area (TPSA) is 30.2 Å². The number of alkyl halides is 3. The normalized spacial score (nSPS) is 12.2. The van der Waals surface area contributed by atoms with Crippen LogP contribution in [0, 0.1) is 0 Å². The molecule has 7 heteroatoms. The SMILES string of the molecule is FC(F)(F)c1cc2ncc(Cc3ccc4ncccc4c3)n2cc1Br. The third kappa shape index (κ3) is 3.00. The largest absolute Gasteiger partial charge is 0.417 e. The van der Waals surface area contributed by atoms with Gasteiger partial charge in [0.15, 0.2) is 0 Å². The van der Waals surface area contributed by atoms with Crippen molar-refractivity contribution >= 4 is 32.5 Å². The molecule has 3 nitrogen and oxygen atoms in total. The second-order valence-corrected chi connectivity index (χ2v) is 6.57. The van der Waals surface area contributed by atoms with Gasteiger partial charge in [0.05, 0.1) is 11.1 Å². The van der Waals surface area contributed by atoms with E-state index in [1.807, 2.05) is 30.3 Å². The molecule has 0 spiro atoms. The first-order chi connectivity index (χ1) is 11.9. The Labute approximate surface area is 149 Å². The molecule has 126 valence electrons. The van der Waals surface area contributed by atoms with E-state index in [0.29, 0.717) is 6.42 Å². The first-order valence-electron chi connectivity index (χ1n) is 7.48. The van der Waals surface area contributed by atoms with E-state index < -0.39 is 11.7 Å². The van der Waals surface area contributed by atoms with Crippen LogP contribution in [0.4, 0.5) is 13.2 Å². The molecular weight excluding hydrogens is 395 g/mol. The highest BCUT2D eigenvalue weighted by Gasteiger charge is 2.33. The zero-order valence-electron chi connectivity index (χ0n) is 12.8. The fraction of sp³-hybridized carbons (Fsp3) is 0.111. The lowest BCUT2D eigenvalue weighted by molar-refractivity contribution is -0.138. The Hall–Kier alpha value is -2.41. The van der Waals surface area contributed by atoms with E-state index in [0.717, 1.165) is 28.2 Å². The average molecular weight is 406 g/mol. The maximum Gasteiger partial charge on any atom is 0.417 e. The zero-order valence-corrected chi connectivity index (χ0v) is 14.3. The minimum absolute atomic E-state index is 0.00513. The Morgan fingerprint density at radius 3 is 2.72 bits per heavy atom. The van der Waals surface area contributed by atoms with E-state index in [1.54, 1.807) is 16.8 Å². The number of benzene rings is 1. The molecule has 0 fully saturated rings. The molecule has 0 radical (unpaired) electrons. The molecule has 0 bridgehead atoms. The van der Waals surface area contributed by atoms with Crippen molar-refractivity contribution in [2.75, 3.05) is 0 Å². The summed E-state index contributed by atoms with van der Waals surface area (Å²) in [5.74, 6) is 0. The van der Waals surface area contributed by atoms with Crippen LogP contribution in [0.5, 0.6) is 0 Å². The lowest BCUT2D eigenvalue weighted by atomic mass is 10.1. The van der Waals surface area contributed by atoms with Crippen molar-refractivity contribution in [1.82, 2.24) is 14.4 Å². The van der Waals surface area contributed by atoms with Gasteiger partial charge in [-0.25, -0.2) is 4.98 Å². The van der Waals surface area contributed by atoms with Gasteiger partial charge in [-0.2, -0.15) is 13.2 Å². The zero-order chi connectivity index (χ0) is 17.6. The third-order valence-corrected chi connectivity index (χ3v) is 4.67. The van der Waals surface area contributed by atoms with Gasteiger partial charge in [-0.1, -0.05) is 12.1 Å². The number of hydrogen-bond donors (Lipinski definition) is 0. The Bertz CT molecular complexity index is 1090. The molecular formula is C18H11BrF3N3. The van der Waals surface area contributed by atoms with Crippen LogP contribution in [0.2, 0.25) is 0 Å². The van der Waals surface area contributed by atoms with Crippen molar-refractivity contribution < 1.29 is 13.2 Å². The second-order valence-electron chi connectivity index (χ2n) is 5.72. The molecule has 0 saturated carbocycles. The van der Waals surface area contributed by atoms with Gasteiger partial charge in [0.25, 0.3) is 0 Å². The lowest BCUT2D eigenvalue weighted by Crippen LogP contribution is -2.07. The maximum absolute atomic E-state index is 13.0. The van der Waals surface area contributed by atoms with Crippen LogP contribution in [0.15, 0.2) is 59.5 Å². The smallest absolute Gasteiger partial charge is 0.303 e. The fourth-order valence-electron chi connectivity index (χ4n) is 2.84. The predicted molar refractivity (Wildman–Crippen MR) is 92.4 cm³/mol. The van der Waals surface area contributed by atoms with Crippen molar-refractivity contribution in [2.24, 2.45) is 0 Å². The molecule has 25 heavy (non-hydrogen) atoms. The molecule has 1 aromatic carbocycles. The van der Waals surface area contributed by atoms with E-state index in [1.165, 1.54) is 6.20 Å². The van der Waals surface area contributed by atoms with Crippen LogP contribution in [0.1, 0.15) is 16.8 Å². The first-order valence-corrected chi connectivity index (χ1v) is 8.27. The molecule has 3 heterocycles.